The van der Waals surface area contributed by atoms with E-state index >= 15 is 0 Å². The Hall–Kier alpha value is -0.950. The van der Waals surface area contributed by atoms with Crippen molar-refractivity contribution in [2.45, 2.75) is 13.4 Å². The largest absolute Gasteiger partial charge is 0.407 e. The van der Waals surface area contributed by atoms with Gasteiger partial charge in [-0.2, -0.15) is 0 Å². The summed E-state index contributed by atoms with van der Waals surface area (Å²) in [5, 5.41) is 18.1. The summed E-state index contributed by atoms with van der Waals surface area (Å²) in [6.07, 6.45) is 0. The lowest BCUT2D eigenvalue weighted by atomic mass is 9.92. The van der Waals surface area contributed by atoms with E-state index in [-0.39, 0.29) is 32.0 Å². The van der Waals surface area contributed by atoms with Crippen molar-refractivity contribution < 1.29 is 29.2 Å². The standard InChI is InChI=1S/C10H16O6/c1-7(2)8(13)16-9-14-5-10(3-11,4-12)6-15-9/h9,11-12H,1,3-6H2,2H3. The summed E-state index contributed by atoms with van der Waals surface area (Å²) in [6.45, 7) is 3.43. The number of hydrogen-bond donors (Lipinski definition) is 2. The highest BCUT2D eigenvalue weighted by atomic mass is 16.9. The van der Waals surface area contributed by atoms with Crippen LogP contribution in [0.3, 0.4) is 0 Å². The third kappa shape index (κ3) is 3.02. The summed E-state index contributed by atoms with van der Waals surface area (Å²) in [5.41, 5.74) is -0.583. The van der Waals surface area contributed by atoms with Crippen LogP contribution in [-0.4, -0.2) is 49.1 Å². The average molecular weight is 232 g/mol. The maximum absolute atomic E-state index is 11.1. The SMILES string of the molecule is C=C(C)C(=O)OC1OCC(CO)(CO)CO1. The quantitative estimate of drug-likeness (QED) is 0.497. The third-order valence-electron chi connectivity index (χ3n) is 2.27. The number of esters is 1. The van der Waals surface area contributed by atoms with Crippen molar-refractivity contribution in [3.05, 3.63) is 12.2 Å². The van der Waals surface area contributed by atoms with Gasteiger partial charge in [0.15, 0.2) is 0 Å². The zero-order valence-corrected chi connectivity index (χ0v) is 9.14. The average Bonchev–Trinajstić information content (AvgIpc) is 2.30. The van der Waals surface area contributed by atoms with Gasteiger partial charge >= 0.3 is 12.4 Å². The Labute approximate surface area is 93.4 Å². The molecule has 0 bridgehead atoms. The van der Waals surface area contributed by atoms with E-state index < -0.39 is 17.9 Å². The molecule has 6 heteroatoms. The van der Waals surface area contributed by atoms with Crippen molar-refractivity contribution in [2.75, 3.05) is 26.4 Å². The minimum Gasteiger partial charge on any atom is -0.407 e. The minimum atomic E-state index is -1.10. The highest BCUT2D eigenvalue weighted by molar-refractivity contribution is 5.86. The summed E-state index contributed by atoms with van der Waals surface area (Å²) >= 11 is 0. The van der Waals surface area contributed by atoms with Crippen molar-refractivity contribution in [2.24, 2.45) is 5.41 Å². The van der Waals surface area contributed by atoms with Gasteiger partial charge in [-0.15, -0.1) is 0 Å². The number of aliphatic hydroxyl groups excluding tert-OH is 2. The molecule has 1 fully saturated rings. The zero-order chi connectivity index (χ0) is 12.2. The highest BCUT2D eigenvalue weighted by Crippen LogP contribution is 2.24. The number of carbonyl (C=O) groups excluding carboxylic acids is 1. The first-order chi connectivity index (χ1) is 7.53. The molecule has 1 aliphatic heterocycles. The molecule has 0 amide bonds. The van der Waals surface area contributed by atoms with Gasteiger partial charge in [-0.3, -0.25) is 0 Å². The van der Waals surface area contributed by atoms with E-state index in [1.165, 1.54) is 6.92 Å². The van der Waals surface area contributed by atoms with Crippen molar-refractivity contribution in [1.29, 1.82) is 0 Å². The van der Waals surface area contributed by atoms with E-state index in [1.54, 1.807) is 0 Å². The van der Waals surface area contributed by atoms with E-state index in [9.17, 15) is 4.79 Å². The van der Waals surface area contributed by atoms with Gasteiger partial charge in [0.25, 0.3) is 0 Å². The van der Waals surface area contributed by atoms with E-state index in [0.717, 1.165) is 0 Å². The normalized spacial score (nSPS) is 20.4. The van der Waals surface area contributed by atoms with Gasteiger partial charge in [0.1, 0.15) is 0 Å². The van der Waals surface area contributed by atoms with Gasteiger partial charge in [-0.25, -0.2) is 4.79 Å². The molecule has 0 saturated carbocycles. The van der Waals surface area contributed by atoms with Crippen molar-refractivity contribution in [3.8, 4) is 0 Å². The number of ether oxygens (including phenoxy) is 3. The van der Waals surface area contributed by atoms with Gasteiger partial charge in [0, 0.05) is 5.57 Å². The summed E-state index contributed by atoms with van der Waals surface area (Å²) < 4.78 is 14.9. The topological polar surface area (TPSA) is 85.2 Å². The van der Waals surface area contributed by atoms with Crippen LogP contribution >= 0.6 is 0 Å². The molecule has 0 unspecified atom stereocenters. The van der Waals surface area contributed by atoms with Crippen LogP contribution in [-0.2, 0) is 19.0 Å². The molecule has 6 nitrogen and oxygen atoms in total. The predicted molar refractivity (Wildman–Crippen MR) is 53.2 cm³/mol. The van der Waals surface area contributed by atoms with Crippen LogP contribution in [0.25, 0.3) is 0 Å². The van der Waals surface area contributed by atoms with Crippen molar-refractivity contribution >= 4 is 5.97 Å². The Morgan fingerprint density at radius 2 is 1.94 bits per heavy atom. The molecule has 1 heterocycles. The van der Waals surface area contributed by atoms with Crippen LogP contribution in [0.2, 0.25) is 0 Å². The molecule has 16 heavy (non-hydrogen) atoms. The van der Waals surface area contributed by atoms with Crippen molar-refractivity contribution in [3.63, 3.8) is 0 Å². The van der Waals surface area contributed by atoms with Gasteiger partial charge in [-0.05, 0) is 6.92 Å². The molecular weight excluding hydrogens is 216 g/mol. The molecular formula is C10H16O6. The second-order valence-electron chi connectivity index (χ2n) is 3.91. The zero-order valence-electron chi connectivity index (χ0n) is 9.14. The molecule has 0 aliphatic carbocycles. The third-order valence-corrected chi connectivity index (χ3v) is 2.27. The summed E-state index contributed by atoms with van der Waals surface area (Å²) in [5.74, 6) is -0.606. The maximum atomic E-state index is 11.1. The highest BCUT2D eigenvalue weighted by Gasteiger charge is 2.37. The number of carbonyl (C=O) groups is 1. The van der Waals surface area contributed by atoms with E-state index in [4.69, 9.17) is 24.4 Å². The van der Waals surface area contributed by atoms with Gasteiger partial charge in [-0.1, -0.05) is 6.58 Å². The van der Waals surface area contributed by atoms with Crippen LogP contribution < -0.4 is 0 Å². The number of hydrogen-bond acceptors (Lipinski definition) is 6. The molecule has 0 radical (unpaired) electrons. The first kappa shape index (κ1) is 13.1. The van der Waals surface area contributed by atoms with Crippen LogP contribution in [0.5, 0.6) is 0 Å². The van der Waals surface area contributed by atoms with E-state index in [1.807, 2.05) is 0 Å². The van der Waals surface area contributed by atoms with Crippen LogP contribution in [0.1, 0.15) is 6.92 Å². The lowest BCUT2D eigenvalue weighted by Gasteiger charge is -2.36. The fourth-order valence-corrected chi connectivity index (χ4v) is 1.07. The van der Waals surface area contributed by atoms with Crippen molar-refractivity contribution in [1.82, 2.24) is 0 Å². The Bertz CT molecular complexity index is 260. The molecule has 1 rings (SSSR count). The monoisotopic (exact) mass is 232 g/mol. The predicted octanol–water partition coefficient (Wildman–Crippen LogP) is -0.593. The Balaban J connectivity index is 2.43. The second kappa shape index (κ2) is 5.40. The molecule has 92 valence electrons. The fraction of sp³-hybridized carbons (Fsp3) is 0.700. The number of aliphatic hydroxyl groups is 2. The lowest BCUT2D eigenvalue weighted by Crippen LogP contribution is -2.47. The molecule has 1 aliphatic rings. The van der Waals surface area contributed by atoms with Gasteiger partial charge in [0.05, 0.1) is 31.8 Å². The Morgan fingerprint density at radius 3 is 2.31 bits per heavy atom. The Kier molecular flexibility index (Phi) is 4.43. The molecule has 0 aromatic rings. The molecule has 2 N–H and O–H groups in total. The Morgan fingerprint density at radius 1 is 1.44 bits per heavy atom. The fourth-order valence-electron chi connectivity index (χ4n) is 1.07. The van der Waals surface area contributed by atoms with Crippen LogP contribution in [0.4, 0.5) is 0 Å². The van der Waals surface area contributed by atoms with Gasteiger partial charge in [0.2, 0.25) is 0 Å². The molecule has 0 aromatic heterocycles. The van der Waals surface area contributed by atoms with Crippen LogP contribution in [0.15, 0.2) is 12.2 Å². The molecule has 0 spiro atoms. The summed E-state index contributed by atoms with van der Waals surface area (Å²) in [6, 6.07) is 0. The first-order valence-corrected chi connectivity index (χ1v) is 4.84. The second-order valence-corrected chi connectivity index (χ2v) is 3.91. The van der Waals surface area contributed by atoms with E-state index in [0.29, 0.717) is 0 Å². The summed E-state index contributed by atoms with van der Waals surface area (Å²) in [4.78, 5) is 11.1. The molecule has 1 saturated heterocycles. The minimum absolute atomic E-state index is 0.0636. The van der Waals surface area contributed by atoms with Crippen LogP contribution in [0, 0.1) is 5.41 Å². The lowest BCUT2D eigenvalue weighted by molar-refractivity contribution is -0.329. The maximum Gasteiger partial charge on any atom is 0.337 e. The number of rotatable bonds is 4. The molecule has 0 aromatic carbocycles. The first-order valence-electron chi connectivity index (χ1n) is 4.84. The smallest absolute Gasteiger partial charge is 0.337 e. The van der Waals surface area contributed by atoms with E-state index in [2.05, 4.69) is 6.58 Å². The molecule has 0 atom stereocenters. The van der Waals surface area contributed by atoms with Gasteiger partial charge < -0.3 is 24.4 Å². The summed E-state index contributed by atoms with van der Waals surface area (Å²) in [7, 11) is 0.